The third-order valence-electron chi connectivity index (χ3n) is 3.16. The van der Waals surface area contributed by atoms with E-state index >= 15 is 0 Å². The lowest BCUT2D eigenvalue weighted by molar-refractivity contribution is -0.123. The van der Waals surface area contributed by atoms with Crippen molar-refractivity contribution >= 4 is 29.1 Å². The minimum absolute atomic E-state index is 0.234. The van der Waals surface area contributed by atoms with Gasteiger partial charge >= 0.3 is 0 Å². The van der Waals surface area contributed by atoms with Crippen LogP contribution in [0.25, 0.3) is 0 Å². The number of hydrogen-bond donors (Lipinski definition) is 0. The summed E-state index contributed by atoms with van der Waals surface area (Å²) in [5.41, 5.74) is 1.78. The highest BCUT2D eigenvalue weighted by Gasteiger charge is 2.05. The minimum Gasteiger partial charge on any atom is -0.335 e. The molecule has 0 heterocycles. The largest absolute Gasteiger partial charge is 0.335 e. The molecule has 0 unspecified atom stereocenters. The van der Waals surface area contributed by atoms with Gasteiger partial charge in [-0.2, -0.15) is 0 Å². The van der Waals surface area contributed by atoms with E-state index in [0.717, 1.165) is 6.42 Å². The highest BCUT2D eigenvalue weighted by molar-refractivity contribution is 6.35. The fraction of sp³-hybridized carbons (Fsp3) is 0.167. The molecule has 0 aliphatic carbocycles. The zero-order valence-corrected chi connectivity index (χ0v) is 13.7. The van der Waals surface area contributed by atoms with Gasteiger partial charge in [-0.25, -0.2) is 0 Å². The second-order valence-electron chi connectivity index (χ2n) is 4.84. The molecule has 112 valence electrons. The quantitative estimate of drug-likeness (QED) is 0.777. The van der Waals surface area contributed by atoms with E-state index in [1.165, 1.54) is 5.56 Å². The molecule has 22 heavy (non-hydrogen) atoms. The Hall–Kier alpha value is -1.95. The zero-order chi connectivity index (χ0) is 15.9. The lowest BCUT2D eigenvalue weighted by Crippen LogP contribution is -2.27. The predicted octanol–water partition coefficient (Wildman–Crippen LogP) is 4.05. The molecule has 0 bridgehead atoms. The number of likely N-dealkylation sites (N-methyl/N-ethyl adjacent to an activating group) is 1. The molecule has 0 spiro atoms. The normalized spacial score (nSPS) is 9.77. The molecule has 0 radical (unpaired) electrons. The molecule has 2 aromatic rings. The van der Waals surface area contributed by atoms with Gasteiger partial charge in [-0.3, -0.25) is 4.79 Å². The van der Waals surface area contributed by atoms with E-state index in [1.54, 1.807) is 30.1 Å². The van der Waals surface area contributed by atoms with Crippen molar-refractivity contribution in [1.82, 2.24) is 4.90 Å². The van der Waals surface area contributed by atoms with Crippen molar-refractivity contribution in [1.29, 1.82) is 0 Å². The van der Waals surface area contributed by atoms with Crippen LogP contribution in [-0.4, -0.2) is 24.4 Å². The van der Waals surface area contributed by atoms with Crippen LogP contribution in [0.4, 0.5) is 0 Å². The standard InChI is InChI=1S/C18H15Cl2NO/c1-21(12-11-14-5-3-2-4-6-14)18(22)10-8-15-7-9-16(19)13-17(15)20/h2-7,9,13H,11-12H2,1H3. The Morgan fingerprint density at radius 3 is 2.55 bits per heavy atom. The summed E-state index contributed by atoms with van der Waals surface area (Å²) >= 11 is 11.8. The summed E-state index contributed by atoms with van der Waals surface area (Å²) in [6.45, 7) is 0.617. The molecular weight excluding hydrogens is 317 g/mol. The highest BCUT2D eigenvalue weighted by atomic mass is 35.5. The van der Waals surface area contributed by atoms with Gasteiger partial charge < -0.3 is 4.90 Å². The van der Waals surface area contributed by atoms with Gasteiger partial charge in [0.05, 0.1) is 5.02 Å². The number of rotatable bonds is 3. The Labute approximate surface area is 140 Å². The number of amides is 1. The van der Waals surface area contributed by atoms with Gasteiger partial charge in [0.2, 0.25) is 0 Å². The van der Waals surface area contributed by atoms with Crippen molar-refractivity contribution in [2.75, 3.05) is 13.6 Å². The molecule has 0 saturated heterocycles. The molecular formula is C18H15Cl2NO. The van der Waals surface area contributed by atoms with E-state index in [0.29, 0.717) is 22.2 Å². The Morgan fingerprint density at radius 1 is 1.14 bits per heavy atom. The fourth-order valence-corrected chi connectivity index (χ4v) is 2.31. The molecule has 0 fully saturated rings. The van der Waals surface area contributed by atoms with Crippen molar-refractivity contribution in [2.45, 2.75) is 6.42 Å². The zero-order valence-electron chi connectivity index (χ0n) is 12.1. The van der Waals surface area contributed by atoms with Crippen molar-refractivity contribution in [3.63, 3.8) is 0 Å². The van der Waals surface area contributed by atoms with Crippen molar-refractivity contribution in [3.05, 3.63) is 69.7 Å². The number of carbonyl (C=O) groups is 1. The van der Waals surface area contributed by atoms with Gasteiger partial charge in [0.25, 0.3) is 5.91 Å². The molecule has 4 heteroatoms. The fourth-order valence-electron chi connectivity index (χ4n) is 1.85. The van der Waals surface area contributed by atoms with Crippen LogP contribution >= 0.6 is 23.2 Å². The molecule has 0 aliphatic heterocycles. The van der Waals surface area contributed by atoms with Crippen LogP contribution < -0.4 is 0 Å². The summed E-state index contributed by atoms with van der Waals surface area (Å²) in [5.74, 6) is 5.16. The summed E-state index contributed by atoms with van der Waals surface area (Å²) in [5, 5.41) is 0.988. The molecule has 0 atom stereocenters. The summed E-state index contributed by atoms with van der Waals surface area (Å²) in [7, 11) is 1.74. The molecule has 0 aromatic heterocycles. The van der Waals surface area contributed by atoms with Gasteiger partial charge in [-0.05, 0) is 30.2 Å². The van der Waals surface area contributed by atoms with Gasteiger partial charge in [-0.15, -0.1) is 0 Å². The van der Waals surface area contributed by atoms with Crippen LogP contribution in [0, 0.1) is 11.8 Å². The average molecular weight is 332 g/mol. The lowest BCUT2D eigenvalue weighted by Gasteiger charge is -2.13. The number of nitrogens with zero attached hydrogens (tertiary/aromatic N) is 1. The highest BCUT2D eigenvalue weighted by Crippen LogP contribution is 2.19. The van der Waals surface area contributed by atoms with Crippen LogP contribution in [0.5, 0.6) is 0 Å². The summed E-state index contributed by atoms with van der Waals surface area (Å²) < 4.78 is 0. The SMILES string of the molecule is CN(CCc1ccccc1)C(=O)C#Cc1ccc(Cl)cc1Cl. The van der Waals surface area contributed by atoms with Crippen LogP contribution in [0.1, 0.15) is 11.1 Å². The average Bonchev–Trinajstić information content (AvgIpc) is 2.52. The third-order valence-corrected chi connectivity index (χ3v) is 3.71. The molecule has 0 aliphatic rings. The van der Waals surface area contributed by atoms with Crippen LogP contribution in [-0.2, 0) is 11.2 Å². The first-order valence-corrected chi connectivity index (χ1v) is 7.58. The van der Waals surface area contributed by atoms with Gasteiger partial charge in [0.15, 0.2) is 0 Å². The van der Waals surface area contributed by atoms with E-state index in [9.17, 15) is 4.79 Å². The van der Waals surface area contributed by atoms with Gasteiger partial charge in [0.1, 0.15) is 0 Å². The number of carbonyl (C=O) groups excluding carboxylic acids is 1. The van der Waals surface area contributed by atoms with E-state index in [4.69, 9.17) is 23.2 Å². The Bertz CT molecular complexity index is 717. The number of halogens is 2. The van der Waals surface area contributed by atoms with Crippen LogP contribution in [0.2, 0.25) is 10.0 Å². The number of benzene rings is 2. The molecule has 2 rings (SSSR count). The van der Waals surface area contributed by atoms with Gasteiger partial charge in [-0.1, -0.05) is 59.5 Å². The second kappa shape index (κ2) is 7.89. The van der Waals surface area contributed by atoms with E-state index in [-0.39, 0.29) is 5.91 Å². The maximum Gasteiger partial charge on any atom is 0.298 e. The molecule has 2 aromatic carbocycles. The van der Waals surface area contributed by atoms with Crippen molar-refractivity contribution < 1.29 is 4.79 Å². The Balaban J connectivity index is 1.95. The topological polar surface area (TPSA) is 20.3 Å². The summed E-state index contributed by atoms with van der Waals surface area (Å²) in [4.78, 5) is 13.6. The first-order valence-electron chi connectivity index (χ1n) is 6.82. The lowest BCUT2D eigenvalue weighted by atomic mass is 10.1. The maximum atomic E-state index is 12.0. The first-order chi connectivity index (χ1) is 10.6. The Kier molecular flexibility index (Phi) is 5.89. The maximum absolute atomic E-state index is 12.0. The first kappa shape index (κ1) is 16.4. The second-order valence-corrected chi connectivity index (χ2v) is 5.68. The van der Waals surface area contributed by atoms with E-state index < -0.39 is 0 Å². The summed E-state index contributed by atoms with van der Waals surface area (Å²) in [6, 6.07) is 15.0. The van der Waals surface area contributed by atoms with Crippen LogP contribution in [0.3, 0.4) is 0 Å². The Morgan fingerprint density at radius 2 is 1.86 bits per heavy atom. The predicted molar refractivity (Wildman–Crippen MR) is 91.1 cm³/mol. The van der Waals surface area contributed by atoms with Crippen molar-refractivity contribution in [3.8, 4) is 11.8 Å². The minimum atomic E-state index is -0.234. The molecule has 1 amide bonds. The monoisotopic (exact) mass is 331 g/mol. The van der Waals surface area contributed by atoms with Crippen LogP contribution in [0.15, 0.2) is 48.5 Å². The number of hydrogen-bond acceptors (Lipinski definition) is 1. The molecule has 0 N–H and O–H groups in total. The van der Waals surface area contributed by atoms with Gasteiger partial charge in [0, 0.05) is 30.1 Å². The van der Waals surface area contributed by atoms with E-state index in [1.807, 2.05) is 30.3 Å². The van der Waals surface area contributed by atoms with E-state index in [2.05, 4.69) is 11.8 Å². The third kappa shape index (κ3) is 4.80. The smallest absolute Gasteiger partial charge is 0.298 e. The molecule has 2 nitrogen and oxygen atoms in total. The van der Waals surface area contributed by atoms with Crippen molar-refractivity contribution in [2.24, 2.45) is 0 Å². The molecule has 0 saturated carbocycles. The summed E-state index contributed by atoms with van der Waals surface area (Å²) in [6.07, 6.45) is 0.798.